The van der Waals surface area contributed by atoms with Gasteiger partial charge in [0, 0.05) is 18.3 Å². The number of nitrogens with zero attached hydrogens (tertiary/aromatic N) is 1. The van der Waals surface area contributed by atoms with Crippen LogP contribution in [0.2, 0.25) is 0 Å². The van der Waals surface area contributed by atoms with E-state index in [-0.39, 0.29) is 4.90 Å². The fourth-order valence-corrected chi connectivity index (χ4v) is 5.08. The van der Waals surface area contributed by atoms with Gasteiger partial charge in [0.1, 0.15) is 5.82 Å². The van der Waals surface area contributed by atoms with Crippen LogP contribution in [0.3, 0.4) is 0 Å². The van der Waals surface area contributed by atoms with Crippen LogP contribution in [0, 0.1) is 5.82 Å². The van der Waals surface area contributed by atoms with E-state index in [1.165, 1.54) is 49.2 Å². The molecule has 0 amide bonds. The third-order valence-corrected chi connectivity index (χ3v) is 7.32. The number of likely N-dealkylation sites (tertiary alicyclic amines) is 1. The van der Waals surface area contributed by atoms with E-state index < -0.39 is 15.8 Å². The average molecular weight is 439 g/mol. The molecule has 1 unspecified atom stereocenters. The third kappa shape index (κ3) is 5.32. The van der Waals surface area contributed by atoms with Crippen molar-refractivity contribution in [3.05, 3.63) is 84.2 Å². The van der Waals surface area contributed by atoms with Gasteiger partial charge in [0.05, 0.1) is 4.90 Å². The Morgan fingerprint density at radius 3 is 2.13 bits per heavy atom. The first-order chi connectivity index (χ1) is 14.9. The lowest BCUT2D eigenvalue weighted by Crippen LogP contribution is -2.28. The second kappa shape index (κ2) is 9.20. The summed E-state index contributed by atoms with van der Waals surface area (Å²) in [5.41, 5.74) is 3.64. The first-order valence-electron chi connectivity index (χ1n) is 10.6. The topological polar surface area (TPSA) is 49.4 Å². The predicted octanol–water partition coefficient (Wildman–Crippen LogP) is 5.32. The molecule has 6 heteroatoms. The van der Waals surface area contributed by atoms with E-state index in [2.05, 4.69) is 40.8 Å². The van der Waals surface area contributed by atoms with Crippen molar-refractivity contribution in [3.63, 3.8) is 0 Å². The minimum atomic E-state index is -3.73. The number of hydrogen-bond donors (Lipinski definition) is 1. The van der Waals surface area contributed by atoms with Crippen molar-refractivity contribution in [1.29, 1.82) is 0 Å². The number of hydrogen-bond acceptors (Lipinski definition) is 3. The van der Waals surface area contributed by atoms with Crippen molar-refractivity contribution >= 4 is 15.7 Å². The van der Waals surface area contributed by atoms with E-state index >= 15 is 0 Å². The molecule has 0 radical (unpaired) electrons. The number of halogens is 1. The summed E-state index contributed by atoms with van der Waals surface area (Å²) in [6.07, 6.45) is 3.63. The molecule has 1 fully saturated rings. The van der Waals surface area contributed by atoms with Gasteiger partial charge in [0.15, 0.2) is 0 Å². The molecule has 3 aromatic carbocycles. The van der Waals surface area contributed by atoms with Crippen LogP contribution in [0.4, 0.5) is 10.1 Å². The molecule has 4 rings (SSSR count). The highest BCUT2D eigenvalue weighted by Gasteiger charge is 2.19. The van der Waals surface area contributed by atoms with Crippen molar-refractivity contribution in [3.8, 4) is 11.1 Å². The van der Waals surface area contributed by atoms with Crippen LogP contribution in [-0.2, 0) is 16.4 Å². The van der Waals surface area contributed by atoms with Crippen molar-refractivity contribution in [2.45, 2.75) is 37.1 Å². The van der Waals surface area contributed by atoms with E-state index in [4.69, 9.17) is 0 Å². The summed E-state index contributed by atoms with van der Waals surface area (Å²) in [6, 6.07) is 21.2. The Labute approximate surface area is 183 Å². The Bertz CT molecular complexity index is 1110. The SMILES string of the molecule is CC1CCCN1CCc1ccc(-c2ccc(S(=O)(=O)Nc3ccc(F)cc3)cc2)cc1. The zero-order valence-corrected chi connectivity index (χ0v) is 18.4. The molecule has 4 nitrogen and oxygen atoms in total. The smallest absolute Gasteiger partial charge is 0.261 e. The van der Waals surface area contributed by atoms with Crippen LogP contribution < -0.4 is 4.72 Å². The number of nitrogens with one attached hydrogen (secondary N) is 1. The quantitative estimate of drug-likeness (QED) is 0.543. The van der Waals surface area contributed by atoms with Crippen LogP contribution in [0.15, 0.2) is 77.7 Å². The fraction of sp³-hybridized carbons (Fsp3) is 0.280. The molecule has 31 heavy (non-hydrogen) atoms. The molecule has 0 spiro atoms. The van der Waals surface area contributed by atoms with E-state index in [0.717, 1.165) is 24.1 Å². The summed E-state index contributed by atoms with van der Waals surface area (Å²) in [6.45, 7) is 4.59. The Morgan fingerprint density at radius 2 is 1.55 bits per heavy atom. The van der Waals surface area contributed by atoms with Crippen LogP contribution in [0.5, 0.6) is 0 Å². The zero-order valence-electron chi connectivity index (χ0n) is 17.6. The van der Waals surface area contributed by atoms with Gasteiger partial charge in [-0.15, -0.1) is 0 Å². The number of rotatable bonds is 7. The van der Waals surface area contributed by atoms with Crippen LogP contribution in [0.1, 0.15) is 25.3 Å². The summed E-state index contributed by atoms with van der Waals surface area (Å²) in [4.78, 5) is 2.71. The van der Waals surface area contributed by atoms with E-state index in [1.807, 2.05) is 0 Å². The van der Waals surface area contributed by atoms with Gasteiger partial charge in [0.2, 0.25) is 0 Å². The maximum absolute atomic E-state index is 13.0. The van der Waals surface area contributed by atoms with Crippen LogP contribution in [0.25, 0.3) is 11.1 Å². The summed E-state index contributed by atoms with van der Waals surface area (Å²) in [7, 11) is -3.73. The largest absolute Gasteiger partial charge is 0.300 e. The van der Waals surface area contributed by atoms with Gasteiger partial charge >= 0.3 is 0 Å². The van der Waals surface area contributed by atoms with E-state index in [0.29, 0.717) is 11.7 Å². The number of sulfonamides is 1. The average Bonchev–Trinajstić information content (AvgIpc) is 3.19. The molecule has 0 aromatic heterocycles. The summed E-state index contributed by atoms with van der Waals surface area (Å²) in [5, 5.41) is 0. The van der Waals surface area contributed by atoms with Crippen molar-refractivity contribution in [2.24, 2.45) is 0 Å². The molecule has 0 saturated carbocycles. The minimum absolute atomic E-state index is 0.164. The van der Waals surface area contributed by atoms with Gasteiger partial charge in [-0.25, -0.2) is 12.8 Å². The van der Waals surface area contributed by atoms with Gasteiger partial charge in [-0.05, 0) is 85.8 Å². The van der Waals surface area contributed by atoms with Gasteiger partial charge in [-0.1, -0.05) is 36.4 Å². The van der Waals surface area contributed by atoms with E-state index in [9.17, 15) is 12.8 Å². The standard InChI is InChI=1S/C25H27FN2O2S/c1-19-3-2-17-28(19)18-16-20-4-6-21(7-5-20)22-8-14-25(15-9-22)31(29,30)27-24-12-10-23(26)11-13-24/h4-15,19,27H,2-3,16-18H2,1H3. The van der Waals surface area contributed by atoms with Gasteiger partial charge in [-0.3, -0.25) is 4.72 Å². The Kier molecular flexibility index (Phi) is 6.39. The molecular weight excluding hydrogens is 411 g/mol. The normalized spacial score (nSPS) is 17.0. The molecule has 1 aliphatic heterocycles. The Hall–Kier alpha value is -2.70. The highest BCUT2D eigenvalue weighted by Crippen LogP contribution is 2.24. The molecule has 3 aromatic rings. The van der Waals surface area contributed by atoms with Crippen LogP contribution in [-0.4, -0.2) is 32.4 Å². The summed E-state index contributed by atoms with van der Waals surface area (Å²) >= 11 is 0. The van der Waals surface area contributed by atoms with Crippen LogP contribution >= 0.6 is 0 Å². The first-order valence-corrected chi connectivity index (χ1v) is 12.1. The highest BCUT2D eigenvalue weighted by molar-refractivity contribution is 7.92. The second-order valence-electron chi connectivity index (χ2n) is 8.11. The molecular formula is C25H27FN2O2S. The molecule has 0 aliphatic carbocycles. The Balaban J connectivity index is 1.40. The monoisotopic (exact) mass is 438 g/mol. The maximum Gasteiger partial charge on any atom is 0.261 e. The zero-order chi connectivity index (χ0) is 21.8. The highest BCUT2D eigenvalue weighted by atomic mass is 32.2. The molecule has 1 heterocycles. The molecule has 0 bridgehead atoms. The fourth-order valence-electron chi connectivity index (χ4n) is 4.02. The van der Waals surface area contributed by atoms with Gasteiger partial charge in [-0.2, -0.15) is 0 Å². The maximum atomic E-state index is 13.0. The molecule has 1 aliphatic rings. The lowest BCUT2D eigenvalue weighted by atomic mass is 10.0. The van der Waals surface area contributed by atoms with Crippen molar-refractivity contribution < 1.29 is 12.8 Å². The predicted molar refractivity (Wildman–Crippen MR) is 123 cm³/mol. The lowest BCUT2D eigenvalue weighted by molar-refractivity contribution is 0.272. The first kappa shape index (κ1) is 21.5. The minimum Gasteiger partial charge on any atom is -0.300 e. The number of anilines is 1. The second-order valence-corrected chi connectivity index (χ2v) is 9.79. The third-order valence-electron chi connectivity index (χ3n) is 5.93. The lowest BCUT2D eigenvalue weighted by Gasteiger charge is -2.20. The van der Waals surface area contributed by atoms with Crippen molar-refractivity contribution in [2.75, 3.05) is 17.8 Å². The van der Waals surface area contributed by atoms with Gasteiger partial charge in [0.25, 0.3) is 10.0 Å². The number of benzene rings is 3. The van der Waals surface area contributed by atoms with E-state index in [1.54, 1.807) is 24.3 Å². The molecule has 162 valence electrons. The summed E-state index contributed by atoms with van der Waals surface area (Å²) < 4.78 is 40.6. The van der Waals surface area contributed by atoms with Crippen molar-refractivity contribution in [1.82, 2.24) is 4.90 Å². The Morgan fingerprint density at radius 1 is 0.935 bits per heavy atom. The molecule has 1 saturated heterocycles. The molecule has 1 atom stereocenters. The summed E-state index contributed by atoms with van der Waals surface area (Å²) in [5.74, 6) is -0.413. The van der Waals surface area contributed by atoms with Gasteiger partial charge < -0.3 is 4.90 Å². The molecule has 1 N–H and O–H groups in total.